The summed E-state index contributed by atoms with van der Waals surface area (Å²) in [5.41, 5.74) is 8.15. The monoisotopic (exact) mass is 346 g/mol. The zero-order valence-corrected chi connectivity index (χ0v) is 14.0. The van der Waals surface area contributed by atoms with Crippen LogP contribution in [0.2, 0.25) is 0 Å². The number of benzene rings is 1. The lowest BCUT2D eigenvalue weighted by Crippen LogP contribution is -2.15. The van der Waals surface area contributed by atoms with Crippen LogP contribution in [-0.2, 0) is 0 Å². The fourth-order valence-corrected chi connectivity index (χ4v) is 2.45. The molecule has 130 valence electrons. The highest BCUT2D eigenvalue weighted by molar-refractivity contribution is 6.04. The molecule has 0 radical (unpaired) electrons. The van der Waals surface area contributed by atoms with Gasteiger partial charge in [0.05, 0.1) is 11.4 Å². The van der Waals surface area contributed by atoms with Gasteiger partial charge in [-0.3, -0.25) is 9.78 Å². The van der Waals surface area contributed by atoms with Crippen LogP contribution in [0.15, 0.2) is 54.7 Å². The van der Waals surface area contributed by atoms with Crippen molar-refractivity contribution < 1.29 is 4.79 Å². The first-order valence-electron chi connectivity index (χ1n) is 8.41. The molecule has 3 aromatic rings. The van der Waals surface area contributed by atoms with Crippen LogP contribution in [0.1, 0.15) is 23.2 Å². The average molecular weight is 346 g/mol. The second-order valence-electron chi connectivity index (χ2n) is 6.17. The SMILES string of the molecule is Nc1ccc(C(=O)Nc2cc(-c3ccccn3)nc(NC3CC3)n2)cc1. The molecule has 7 nitrogen and oxygen atoms in total. The summed E-state index contributed by atoms with van der Waals surface area (Å²) in [5.74, 6) is 0.655. The molecule has 1 aromatic carbocycles. The third kappa shape index (κ3) is 3.77. The summed E-state index contributed by atoms with van der Waals surface area (Å²) >= 11 is 0. The molecule has 2 aromatic heterocycles. The maximum Gasteiger partial charge on any atom is 0.256 e. The van der Waals surface area contributed by atoms with Crippen molar-refractivity contribution in [1.29, 1.82) is 0 Å². The van der Waals surface area contributed by atoms with Gasteiger partial charge in [0.2, 0.25) is 5.95 Å². The highest BCUT2D eigenvalue weighted by Gasteiger charge is 2.22. The molecule has 1 aliphatic carbocycles. The Kier molecular flexibility index (Phi) is 4.18. The minimum atomic E-state index is -0.256. The van der Waals surface area contributed by atoms with E-state index in [0.29, 0.717) is 34.8 Å². The van der Waals surface area contributed by atoms with E-state index >= 15 is 0 Å². The molecular weight excluding hydrogens is 328 g/mol. The van der Waals surface area contributed by atoms with Crippen LogP contribution in [0.4, 0.5) is 17.5 Å². The molecule has 1 amide bonds. The summed E-state index contributed by atoms with van der Waals surface area (Å²) in [5, 5.41) is 6.09. The fraction of sp³-hybridized carbons (Fsp3) is 0.158. The number of nitrogens with two attached hydrogens (primary N) is 1. The van der Waals surface area contributed by atoms with E-state index in [1.807, 2.05) is 18.2 Å². The predicted molar refractivity (Wildman–Crippen MR) is 101 cm³/mol. The van der Waals surface area contributed by atoms with Gasteiger partial charge in [0.1, 0.15) is 5.82 Å². The molecule has 0 aliphatic heterocycles. The molecular formula is C19H18N6O. The van der Waals surface area contributed by atoms with E-state index < -0.39 is 0 Å². The number of nitrogens with one attached hydrogen (secondary N) is 2. The quantitative estimate of drug-likeness (QED) is 0.613. The van der Waals surface area contributed by atoms with Crippen LogP contribution >= 0.6 is 0 Å². The summed E-state index contributed by atoms with van der Waals surface area (Å²) in [6, 6.07) is 14.5. The van der Waals surface area contributed by atoms with Gasteiger partial charge in [0.25, 0.3) is 5.91 Å². The molecule has 1 fully saturated rings. The van der Waals surface area contributed by atoms with Gasteiger partial charge in [0, 0.05) is 29.6 Å². The highest BCUT2D eigenvalue weighted by Crippen LogP contribution is 2.26. The third-order valence-corrected chi connectivity index (χ3v) is 3.98. The minimum absolute atomic E-state index is 0.256. The van der Waals surface area contributed by atoms with Crippen LogP contribution in [0.5, 0.6) is 0 Å². The van der Waals surface area contributed by atoms with Gasteiger partial charge in [-0.1, -0.05) is 6.07 Å². The molecule has 0 spiro atoms. The first-order valence-corrected chi connectivity index (χ1v) is 8.41. The lowest BCUT2D eigenvalue weighted by Gasteiger charge is -2.10. The zero-order chi connectivity index (χ0) is 17.9. The maximum atomic E-state index is 12.5. The first kappa shape index (κ1) is 16.0. The Balaban J connectivity index is 1.63. The third-order valence-electron chi connectivity index (χ3n) is 3.98. The summed E-state index contributed by atoms with van der Waals surface area (Å²) in [4.78, 5) is 25.7. The number of hydrogen-bond acceptors (Lipinski definition) is 6. The molecule has 4 rings (SSSR count). The molecule has 7 heteroatoms. The number of carbonyl (C=O) groups excluding carboxylic acids is 1. The van der Waals surface area contributed by atoms with Crippen molar-refractivity contribution in [2.75, 3.05) is 16.4 Å². The highest BCUT2D eigenvalue weighted by atomic mass is 16.1. The Morgan fingerprint density at radius 1 is 1.04 bits per heavy atom. The van der Waals surface area contributed by atoms with Crippen molar-refractivity contribution in [3.05, 3.63) is 60.3 Å². The van der Waals surface area contributed by atoms with Gasteiger partial charge in [-0.15, -0.1) is 0 Å². The van der Waals surface area contributed by atoms with Crippen LogP contribution in [0.25, 0.3) is 11.4 Å². The molecule has 1 saturated carbocycles. The molecule has 0 bridgehead atoms. The standard InChI is InChI=1S/C19H18N6O/c20-13-6-4-12(5-7-13)18(26)24-17-11-16(15-3-1-2-10-21-15)23-19(25-17)22-14-8-9-14/h1-7,10-11,14H,8-9,20H2,(H2,22,23,24,25,26). The summed E-state index contributed by atoms with van der Waals surface area (Å²) in [6.07, 6.45) is 3.91. The van der Waals surface area contributed by atoms with Crippen molar-refractivity contribution in [3.8, 4) is 11.4 Å². The van der Waals surface area contributed by atoms with E-state index in [0.717, 1.165) is 18.5 Å². The largest absolute Gasteiger partial charge is 0.399 e. The topological polar surface area (TPSA) is 106 Å². The van der Waals surface area contributed by atoms with Crippen molar-refractivity contribution in [3.63, 3.8) is 0 Å². The molecule has 26 heavy (non-hydrogen) atoms. The number of anilines is 3. The molecule has 4 N–H and O–H groups in total. The van der Waals surface area contributed by atoms with E-state index in [4.69, 9.17) is 5.73 Å². The Morgan fingerprint density at radius 3 is 2.54 bits per heavy atom. The minimum Gasteiger partial charge on any atom is -0.399 e. The smallest absolute Gasteiger partial charge is 0.256 e. The van der Waals surface area contributed by atoms with Gasteiger partial charge in [-0.05, 0) is 49.2 Å². The second-order valence-corrected chi connectivity index (χ2v) is 6.17. The molecule has 0 atom stereocenters. The normalized spacial score (nSPS) is 13.2. The van der Waals surface area contributed by atoms with Crippen LogP contribution in [0.3, 0.4) is 0 Å². The van der Waals surface area contributed by atoms with E-state index in [9.17, 15) is 4.79 Å². The maximum absolute atomic E-state index is 12.5. The Hall–Kier alpha value is -3.48. The number of nitrogen functional groups attached to an aromatic ring is 1. The Labute approximate surface area is 150 Å². The van der Waals surface area contributed by atoms with Crippen LogP contribution in [-0.4, -0.2) is 26.9 Å². The van der Waals surface area contributed by atoms with Crippen molar-refractivity contribution in [2.24, 2.45) is 0 Å². The lowest BCUT2D eigenvalue weighted by atomic mass is 10.2. The predicted octanol–water partition coefficient (Wildman–Crippen LogP) is 2.95. The van der Waals surface area contributed by atoms with E-state index in [1.54, 1.807) is 36.5 Å². The molecule has 2 heterocycles. The number of carbonyl (C=O) groups is 1. The van der Waals surface area contributed by atoms with Crippen LogP contribution < -0.4 is 16.4 Å². The van der Waals surface area contributed by atoms with E-state index in [1.165, 1.54) is 0 Å². The zero-order valence-electron chi connectivity index (χ0n) is 14.0. The Morgan fingerprint density at radius 2 is 1.85 bits per heavy atom. The van der Waals surface area contributed by atoms with Crippen LogP contribution in [0, 0.1) is 0 Å². The summed E-state index contributed by atoms with van der Waals surface area (Å²) in [6.45, 7) is 0. The van der Waals surface area contributed by atoms with Gasteiger partial charge in [-0.2, -0.15) is 4.98 Å². The number of aromatic nitrogens is 3. The van der Waals surface area contributed by atoms with Crippen molar-refractivity contribution >= 4 is 23.4 Å². The average Bonchev–Trinajstić information content (AvgIpc) is 3.47. The number of rotatable bonds is 5. The number of hydrogen-bond donors (Lipinski definition) is 3. The molecule has 0 unspecified atom stereocenters. The summed E-state index contributed by atoms with van der Waals surface area (Å²) < 4.78 is 0. The summed E-state index contributed by atoms with van der Waals surface area (Å²) in [7, 11) is 0. The molecule has 0 saturated heterocycles. The number of nitrogens with zero attached hydrogens (tertiary/aromatic N) is 3. The Bertz CT molecular complexity index is 923. The number of amides is 1. The van der Waals surface area contributed by atoms with Gasteiger partial charge < -0.3 is 16.4 Å². The van der Waals surface area contributed by atoms with Crippen molar-refractivity contribution in [2.45, 2.75) is 18.9 Å². The molecule has 1 aliphatic rings. The second kappa shape index (κ2) is 6.79. The number of pyridine rings is 1. The van der Waals surface area contributed by atoms with Gasteiger partial charge in [0.15, 0.2) is 0 Å². The fourth-order valence-electron chi connectivity index (χ4n) is 2.45. The van der Waals surface area contributed by atoms with Gasteiger partial charge in [-0.25, -0.2) is 4.98 Å². The van der Waals surface area contributed by atoms with E-state index in [-0.39, 0.29) is 5.91 Å². The van der Waals surface area contributed by atoms with Crippen molar-refractivity contribution in [1.82, 2.24) is 15.0 Å². The lowest BCUT2D eigenvalue weighted by molar-refractivity contribution is 0.102. The van der Waals surface area contributed by atoms with E-state index in [2.05, 4.69) is 25.6 Å². The van der Waals surface area contributed by atoms with Gasteiger partial charge >= 0.3 is 0 Å². The first-order chi connectivity index (χ1) is 12.7.